The summed E-state index contributed by atoms with van der Waals surface area (Å²) in [5.41, 5.74) is 1.12. The first-order valence-electron chi connectivity index (χ1n) is 7.01. The van der Waals surface area contributed by atoms with Gasteiger partial charge >= 0.3 is 0 Å². The van der Waals surface area contributed by atoms with Crippen LogP contribution in [0, 0.1) is 0 Å². The van der Waals surface area contributed by atoms with Crippen LogP contribution in [0.2, 0.25) is 0 Å². The summed E-state index contributed by atoms with van der Waals surface area (Å²) in [6, 6.07) is 5.86. The number of hydrogen-bond acceptors (Lipinski definition) is 7. The van der Waals surface area contributed by atoms with Crippen LogP contribution in [-0.2, 0) is 13.6 Å². The van der Waals surface area contributed by atoms with E-state index in [-0.39, 0.29) is 12.4 Å². The summed E-state index contributed by atoms with van der Waals surface area (Å²) in [6.07, 6.45) is 1.04. The summed E-state index contributed by atoms with van der Waals surface area (Å²) >= 11 is 1.66. The van der Waals surface area contributed by atoms with E-state index in [4.69, 9.17) is 9.47 Å². The minimum atomic E-state index is 0. The number of halogens is 1. The largest absolute Gasteiger partial charge is 1.00 e. The van der Waals surface area contributed by atoms with Gasteiger partial charge in [-0.25, -0.2) is 4.68 Å². The average Bonchev–Trinajstić information content (AvgIpc) is 2.96. The Labute approximate surface area is 146 Å². The number of methoxy groups -OCH3 is 2. The van der Waals surface area contributed by atoms with Crippen molar-refractivity contribution in [1.29, 1.82) is 0 Å². The Morgan fingerprint density at radius 3 is 2.74 bits per heavy atom. The van der Waals surface area contributed by atoms with Crippen LogP contribution in [0.1, 0.15) is 12.0 Å². The van der Waals surface area contributed by atoms with Crippen molar-refractivity contribution in [2.75, 3.05) is 26.5 Å². The zero-order valence-electron chi connectivity index (χ0n) is 13.5. The number of ether oxygens (including phenoxy) is 2. The summed E-state index contributed by atoms with van der Waals surface area (Å²) in [5.74, 6) is 2.61. The van der Waals surface area contributed by atoms with Gasteiger partial charge in [0, 0.05) is 31.0 Å². The fourth-order valence-electron chi connectivity index (χ4n) is 1.93. The predicted octanol–water partition coefficient (Wildman–Crippen LogP) is -1.50. The molecule has 2 aromatic rings. The normalized spacial score (nSPS) is 10.2. The van der Waals surface area contributed by atoms with Crippen molar-refractivity contribution in [3.63, 3.8) is 0 Å². The molecule has 7 nitrogen and oxygen atoms in total. The summed E-state index contributed by atoms with van der Waals surface area (Å²) in [4.78, 5) is 0. The summed E-state index contributed by atoms with van der Waals surface area (Å²) < 4.78 is 12.3. The van der Waals surface area contributed by atoms with Crippen molar-refractivity contribution in [3.8, 4) is 11.5 Å². The molecule has 0 aliphatic carbocycles. The first-order chi connectivity index (χ1) is 10.7. The molecule has 0 aliphatic rings. The van der Waals surface area contributed by atoms with Crippen LogP contribution in [0.5, 0.6) is 11.5 Å². The van der Waals surface area contributed by atoms with Gasteiger partial charge < -0.3 is 27.2 Å². The lowest BCUT2D eigenvalue weighted by Crippen LogP contribution is -3.00. The molecule has 128 valence electrons. The third-order valence-corrected chi connectivity index (χ3v) is 4.22. The molecule has 0 unspecified atom stereocenters. The molecule has 0 radical (unpaired) electrons. The first kappa shape index (κ1) is 19.5. The van der Waals surface area contributed by atoms with Gasteiger partial charge in [-0.2, -0.15) is 0 Å². The van der Waals surface area contributed by atoms with E-state index < -0.39 is 0 Å². The lowest BCUT2D eigenvalue weighted by molar-refractivity contribution is -0.00000542. The molecule has 0 spiro atoms. The Bertz CT molecular complexity index is 596. The molecule has 0 saturated carbocycles. The number of nitrogens with one attached hydrogen (secondary N) is 1. The Kier molecular flexibility index (Phi) is 8.75. The smallest absolute Gasteiger partial charge is 0.209 e. The maximum Gasteiger partial charge on any atom is 0.209 e. The molecule has 0 aliphatic heterocycles. The van der Waals surface area contributed by atoms with E-state index in [1.807, 2.05) is 25.2 Å². The molecule has 1 N–H and O–H groups in total. The van der Waals surface area contributed by atoms with Gasteiger partial charge in [-0.15, -0.1) is 5.10 Å². The van der Waals surface area contributed by atoms with E-state index in [0.717, 1.165) is 47.5 Å². The highest BCUT2D eigenvalue weighted by Gasteiger charge is 2.05. The molecule has 1 heterocycles. The molecule has 1 aromatic carbocycles. The van der Waals surface area contributed by atoms with Gasteiger partial charge in [0.25, 0.3) is 0 Å². The number of benzene rings is 1. The predicted molar refractivity (Wildman–Crippen MR) is 85.4 cm³/mol. The Morgan fingerprint density at radius 1 is 1.26 bits per heavy atom. The van der Waals surface area contributed by atoms with Gasteiger partial charge in [-0.05, 0) is 29.5 Å². The maximum absolute atomic E-state index is 5.38. The molecule has 0 saturated heterocycles. The van der Waals surface area contributed by atoms with Gasteiger partial charge in [0.1, 0.15) is 11.5 Å². The molecule has 1 aromatic heterocycles. The Balaban J connectivity index is 0.00000264. The van der Waals surface area contributed by atoms with Crippen molar-refractivity contribution in [2.45, 2.75) is 18.1 Å². The van der Waals surface area contributed by atoms with E-state index >= 15 is 0 Å². The second-order valence-corrected chi connectivity index (χ2v) is 5.70. The molecule has 0 fully saturated rings. The monoisotopic (exact) mass is 358 g/mol. The molecular weight excluding hydrogens is 338 g/mol. The average molecular weight is 359 g/mol. The van der Waals surface area contributed by atoms with Gasteiger partial charge in [0.05, 0.1) is 14.2 Å². The minimum absolute atomic E-state index is 0. The van der Waals surface area contributed by atoms with Crippen LogP contribution in [0.3, 0.4) is 0 Å². The molecule has 23 heavy (non-hydrogen) atoms. The number of thioether (sulfide) groups is 1. The van der Waals surface area contributed by atoms with Gasteiger partial charge in [-0.1, -0.05) is 17.8 Å². The van der Waals surface area contributed by atoms with Crippen molar-refractivity contribution in [3.05, 3.63) is 23.8 Å². The van der Waals surface area contributed by atoms with Gasteiger partial charge in [-0.3, -0.25) is 0 Å². The van der Waals surface area contributed by atoms with Crippen LogP contribution in [0.25, 0.3) is 0 Å². The highest BCUT2D eigenvalue weighted by atomic mass is 35.5. The molecular formula is C14H21ClN5O2S-. The second-order valence-electron chi connectivity index (χ2n) is 4.64. The zero-order valence-corrected chi connectivity index (χ0v) is 15.0. The highest BCUT2D eigenvalue weighted by molar-refractivity contribution is 7.99. The fourth-order valence-corrected chi connectivity index (χ4v) is 2.71. The Morgan fingerprint density at radius 2 is 2.09 bits per heavy atom. The molecule has 0 atom stereocenters. The van der Waals surface area contributed by atoms with Crippen molar-refractivity contribution < 1.29 is 21.9 Å². The standard InChI is InChI=1S/C14H21N5O2S.ClH/c1-19-14(16-17-18-19)22-8-4-7-15-10-11-5-6-12(20-2)9-13(11)21-3;/h5-6,9,15H,4,7-8,10H2,1-3H3;1H/p-1. The number of aromatic nitrogens is 4. The van der Waals surface area contributed by atoms with Crippen molar-refractivity contribution in [1.82, 2.24) is 25.5 Å². The van der Waals surface area contributed by atoms with E-state index in [9.17, 15) is 0 Å². The fraction of sp³-hybridized carbons (Fsp3) is 0.500. The molecule has 0 bridgehead atoms. The summed E-state index contributed by atoms with van der Waals surface area (Å²) in [5, 5.41) is 15.6. The SMILES string of the molecule is COc1ccc(CNCCCSc2nnnn2C)c(OC)c1.[Cl-]. The van der Waals surface area contributed by atoms with E-state index in [0.29, 0.717) is 0 Å². The number of rotatable bonds is 9. The van der Waals surface area contributed by atoms with Crippen LogP contribution in [0.4, 0.5) is 0 Å². The topological polar surface area (TPSA) is 74.1 Å². The maximum atomic E-state index is 5.38. The molecule has 2 rings (SSSR count). The first-order valence-corrected chi connectivity index (χ1v) is 8.00. The van der Waals surface area contributed by atoms with E-state index in [2.05, 4.69) is 20.8 Å². The summed E-state index contributed by atoms with van der Waals surface area (Å²) in [6.45, 7) is 1.69. The Hall–Kier alpha value is -1.51. The molecule has 9 heteroatoms. The molecule has 0 amide bonds. The minimum Gasteiger partial charge on any atom is -1.00 e. The second kappa shape index (κ2) is 10.3. The number of tetrazole rings is 1. The van der Waals surface area contributed by atoms with Gasteiger partial charge in [0.2, 0.25) is 5.16 Å². The number of aryl methyl sites for hydroxylation is 1. The third-order valence-electron chi connectivity index (χ3n) is 3.12. The lowest BCUT2D eigenvalue weighted by Gasteiger charge is -2.11. The number of nitrogens with zero attached hydrogens (tertiary/aromatic N) is 4. The third kappa shape index (κ3) is 5.89. The van der Waals surface area contributed by atoms with Crippen molar-refractivity contribution in [2.24, 2.45) is 7.05 Å². The van der Waals surface area contributed by atoms with Crippen molar-refractivity contribution >= 4 is 11.8 Å². The van der Waals surface area contributed by atoms with Crippen LogP contribution < -0.4 is 27.2 Å². The summed E-state index contributed by atoms with van der Waals surface area (Å²) in [7, 11) is 5.16. The highest BCUT2D eigenvalue weighted by Crippen LogP contribution is 2.24. The lowest BCUT2D eigenvalue weighted by atomic mass is 10.2. The van der Waals surface area contributed by atoms with Gasteiger partial charge in [0.15, 0.2) is 0 Å². The van der Waals surface area contributed by atoms with Crippen LogP contribution in [-0.4, -0.2) is 46.7 Å². The van der Waals surface area contributed by atoms with E-state index in [1.165, 1.54) is 0 Å². The van der Waals surface area contributed by atoms with Crippen LogP contribution in [0.15, 0.2) is 23.4 Å². The quantitative estimate of drug-likeness (QED) is 0.432. The van der Waals surface area contributed by atoms with Crippen LogP contribution >= 0.6 is 11.8 Å². The van der Waals surface area contributed by atoms with E-state index in [1.54, 1.807) is 30.7 Å². The number of hydrogen-bond donors (Lipinski definition) is 1. The zero-order chi connectivity index (χ0) is 15.8.